The predicted molar refractivity (Wildman–Crippen MR) is 172 cm³/mol. The third-order valence-corrected chi connectivity index (χ3v) is 9.68. The van der Waals surface area contributed by atoms with Crippen molar-refractivity contribution in [1.82, 2.24) is 25.2 Å². The van der Waals surface area contributed by atoms with E-state index in [-0.39, 0.29) is 23.9 Å². The first-order valence-electron chi connectivity index (χ1n) is 15.1. The number of nitrogens with one attached hydrogen (secondary N) is 2. The van der Waals surface area contributed by atoms with Crippen molar-refractivity contribution in [1.29, 1.82) is 0 Å². The Labute approximate surface area is 252 Å². The van der Waals surface area contributed by atoms with Crippen molar-refractivity contribution in [3.8, 4) is 10.4 Å². The number of carbonyl (C=O) groups is 1. The zero-order valence-electron chi connectivity index (χ0n) is 25.1. The van der Waals surface area contributed by atoms with Crippen LogP contribution in [0.2, 0.25) is 0 Å². The van der Waals surface area contributed by atoms with E-state index in [1.807, 2.05) is 24.5 Å². The second-order valence-electron chi connectivity index (χ2n) is 12.1. The highest BCUT2D eigenvalue weighted by atomic mass is 32.1. The monoisotopic (exact) mass is 583 g/mol. The van der Waals surface area contributed by atoms with Crippen LogP contribution in [0.5, 0.6) is 0 Å². The van der Waals surface area contributed by atoms with E-state index in [2.05, 4.69) is 88.9 Å². The number of fused-ring (bicyclic) bond motifs is 1. The van der Waals surface area contributed by atoms with Gasteiger partial charge in [-0.2, -0.15) is 0 Å². The smallest absolute Gasteiger partial charge is 0.223 e. The van der Waals surface area contributed by atoms with Crippen molar-refractivity contribution in [2.24, 2.45) is 5.92 Å². The van der Waals surface area contributed by atoms with Crippen LogP contribution in [-0.4, -0.2) is 59.0 Å². The summed E-state index contributed by atoms with van der Waals surface area (Å²) in [6.45, 7) is 6.56. The van der Waals surface area contributed by atoms with Crippen LogP contribution in [0.1, 0.15) is 61.3 Å². The zero-order chi connectivity index (χ0) is 29.2. The predicted octanol–water partition coefficient (Wildman–Crippen LogP) is 6.18. The van der Waals surface area contributed by atoms with Gasteiger partial charge >= 0.3 is 0 Å². The fourth-order valence-corrected chi connectivity index (χ4v) is 7.18. The maximum absolute atomic E-state index is 12.7. The molecule has 1 aliphatic heterocycles. The Hall–Kier alpha value is -3.56. The largest absolute Gasteiger partial charge is 0.362 e. The average Bonchev–Trinajstić information content (AvgIpc) is 3.45. The van der Waals surface area contributed by atoms with Gasteiger partial charge in [-0.3, -0.25) is 4.79 Å². The molecule has 42 heavy (non-hydrogen) atoms. The summed E-state index contributed by atoms with van der Waals surface area (Å²) in [5.74, 6) is 2.84. The number of rotatable bonds is 9. The van der Waals surface area contributed by atoms with Crippen molar-refractivity contribution >= 4 is 39.8 Å². The van der Waals surface area contributed by atoms with Crippen molar-refractivity contribution in [3.05, 3.63) is 64.9 Å². The molecule has 4 aromatic rings. The van der Waals surface area contributed by atoms with E-state index in [1.54, 1.807) is 0 Å². The molecule has 1 atom stereocenters. The summed E-state index contributed by atoms with van der Waals surface area (Å²) in [6.07, 6.45) is 7.49. The molecule has 2 aliphatic rings. The molecule has 2 N–H and O–H groups in total. The highest BCUT2D eigenvalue weighted by molar-refractivity contribution is 7.15. The van der Waals surface area contributed by atoms with Crippen LogP contribution in [-0.2, 0) is 11.3 Å². The molecule has 0 bridgehead atoms. The molecule has 8 nitrogen and oxygen atoms in total. The molecule has 1 aromatic carbocycles. The minimum Gasteiger partial charge on any atom is -0.362 e. The van der Waals surface area contributed by atoms with E-state index < -0.39 is 0 Å². The van der Waals surface area contributed by atoms with E-state index in [1.165, 1.54) is 40.1 Å². The van der Waals surface area contributed by atoms with Gasteiger partial charge in [0.25, 0.3) is 0 Å². The molecule has 1 saturated carbocycles. The summed E-state index contributed by atoms with van der Waals surface area (Å²) in [7, 11) is 4.21. The Morgan fingerprint density at radius 1 is 1.10 bits per heavy atom. The molecule has 1 saturated heterocycles. The summed E-state index contributed by atoms with van der Waals surface area (Å²) >= 11 is 1.82. The van der Waals surface area contributed by atoms with Gasteiger partial charge in [0.15, 0.2) is 0 Å². The lowest BCUT2D eigenvalue weighted by atomic mass is 9.88. The van der Waals surface area contributed by atoms with Crippen molar-refractivity contribution in [2.75, 3.05) is 37.4 Å². The topological polar surface area (TPSA) is 86.3 Å². The van der Waals surface area contributed by atoms with Crippen molar-refractivity contribution in [2.45, 2.75) is 64.6 Å². The molecule has 1 aliphatic carbocycles. The number of amides is 1. The summed E-state index contributed by atoms with van der Waals surface area (Å²) in [5, 5.41) is 7.90. The molecule has 2 fully saturated rings. The first kappa shape index (κ1) is 28.6. The summed E-state index contributed by atoms with van der Waals surface area (Å²) in [5.41, 5.74) is 3.44. The number of aryl methyl sites for hydroxylation is 1. The molecule has 6 rings (SSSR count). The highest BCUT2D eigenvalue weighted by Gasteiger charge is 2.32. The Kier molecular flexibility index (Phi) is 8.40. The first-order valence-corrected chi connectivity index (χ1v) is 15.9. The molecule has 4 heterocycles. The highest BCUT2D eigenvalue weighted by Crippen LogP contribution is 2.36. The van der Waals surface area contributed by atoms with Crippen LogP contribution < -0.4 is 15.5 Å². The fraction of sp³-hybridized carbons (Fsp3) is 0.455. The normalized spacial score (nSPS) is 16.9. The molecular formula is C33H41N7OS. The first-order chi connectivity index (χ1) is 20.3. The van der Waals surface area contributed by atoms with E-state index in [4.69, 9.17) is 9.97 Å². The molecule has 0 spiro atoms. The van der Waals surface area contributed by atoms with Gasteiger partial charge in [0.05, 0.1) is 23.8 Å². The van der Waals surface area contributed by atoms with Crippen LogP contribution in [0.4, 0.5) is 11.6 Å². The minimum absolute atomic E-state index is 0.0715. The van der Waals surface area contributed by atoms with Crippen LogP contribution in [0, 0.1) is 12.8 Å². The molecule has 220 valence electrons. The average molecular weight is 584 g/mol. The number of anilines is 2. The van der Waals surface area contributed by atoms with Crippen molar-refractivity contribution in [3.63, 3.8) is 0 Å². The van der Waals surface area contributed by atoms with Crippen LogP contribution in [0.3, 0.4) is 0 Å². The standard InChI is InChI=1S/C33H41N7OS/c1-21(29-14-15-30(42-29)26-13-9-8-12-24(26)18-39(3)4)35-32-27-16-31(34-17-28(27)36-22(2)37-32)40-19-25(20-40)38-33(41)23-10-6-5-7-11-23/h8-9,12-17,21,23,25H,5-7,10-11,18-20H2,1-4H3,(H,38,41)(H,35,36,37). The van der Waals surface area contributed by atoms with Crippen LogP contribution in [0.15, 0.2) is 48.7 Å². The lowest BCUT2D eigenvalue weighted by molar-refractivity contribution is -0.126. The van der Waals surface area contributed by atoms with Gasteiger partial charge in [0, 0.05) is 40.7 Å². The van der Waals surface area contributed by atoms with Gasteiger partial charge in [0.1, 0.15) is 17.5 Å². The molecular weight excluding hydrogens is 542 g/mol. The van der Waals surface area contributed by atoms with Crippen LogP contribution >= 0.6 is 11.3 Å². The Morgan fingerprint density at radius 2 is 1.88 bits per heavy atom. The van der Waals surface area contributed by atoms with Gasteiger partial charge in [-0.05, 0) is 70.1 Å². The zero-order valence-corrected chi connectivity index (χ0v) is 25.9. The van der Waals surface area contributed by atoms with Crippen molar-refractivity contribution < 1.29 is 4.79 Å². The number of nitrogens with zero attached hydrogens (tertiary/aromatic N) is 5. The van der Waals surface area contributed by atoms with E-state index >= 15 is 0 Å². The molecule has 1 amide bonds. The van der Waals surface area contributed by atoms with Gasteiger partial charge < -0.3 is 20.4 Å². The third-order valence-electron chi connectivity index (χ3n) is 8.38. The quantitative estimate of drug-likeness (QED) is 0.243. The van der Waals surface area contributed by atoms with E-state index in [0.717, 1.165) is 55.0 Å². The number of pyridine rings is 1. The Bertz CT molecular complexity index is 1560. The Balaban J connectivity index is 1.16. The lowest BCUT2D eigenvalue weighted by Crippen LogP contribution is -2.60. The fourth-order valence-electron chi connectivity index (χ4n) is 6.11. The molecule has 9 heteroatoms. The van der Waals surface area contributed by atoms with Gasteiger partial charge in [-0.25, -0.2) is 15.0 Å². The number of hydrogen-bond acceptors (Lipinski definition) is 8. The second-order valence-corrected chi connectivity index (χ2v) is 13.2. The van der Waals surface area contributed by atoms with E-state index in [0.29, 0.717) is 5.82 Å². The number of hydrogen-bond donors (Lipinski definition) is 2. The molecule has 1 unspecified atom stereocenters. The number of carbonyl (C=O) groups excluding carboxylic acids is 1. The summed E-state index contributed by atoms with van der Waals surface area (Å²) < 4.78 is 0. The molecule has 0 radical (unpaired) electrons. The number of aromatic nitrogens is 3. The lowest BCUT2D eigenvalue weighted by Gasteiger charge is -2.41. The maximum atomic E-state index is 12.7. The minimum atomic E-state index is 0.0715. The second kappa shape index (κ2) is 12.4. The van der Waals surface area contributed by atoms with Crippen LogP contribution in [0.25, 0.3) is 21.3 Å². The van der Waals surface area contributed by atoms with Gasteiger partial charge in [-0.1, -0.05) is 43.5 Å². The summed E-state index contributed by atoms with van der Waals surface area (Å²) in [6, 6.07) is 15.4. The maximum Gasteiger partial charge on any atom is 0.223 e. The number of thiophene rings is 1. The van der Waals surface area contributed by atoms with Gasteiger partial charge in [0.2, 0.25) is 5.91 Å². The summed E-state index contributed by atoms with van der Waals surface area (Å²) in [4.78, 5) is 33.8. The third kappa shape index (κ3) is 6.27. The van der Waals surface area contributed by atoms with Gasteiger partial charge in [-0.15, -0.1) is 11.3 Å². The SMILES string of the molecule is Cc1nc(NC(C)c2ccc(-c3ccccc3CN(C)C)s2)c2cc(N3CC(NC(=O)C4CCCCC4)C3)ncc2n1. The molecule has 3 aromatic heterocycles. The van der Waals surface area contributed by atoms with E-state index in [9.17, 15) is 4.79 Å². The number of benzene rings is 1. The Morgan fingerprint density at radius 3 is 2.67 bits per heavy atom.